The molecular formula is C25H27N3O3. The van der Waals surface area contributed by atoms with Crippen molar-refractivity contribution >= 4 is 11.8 Å². The summed E-state index contributed by atoms with van der Waals surface area (Å²) < 4.78 is 5.82. The van der Waals surface area contributed by atoms with Gasteiger partial charge in [-0.15, -0.1) is 0 Å². The zero-order chi connectivity index (χ0) is 22.2. The number of carbonyl (C=O) groups excluding carboxylic acids is 2. The van der Waals surface area contributed by atoms with Crippen LogP contribution in [0.3, 0.4) is 0 Å². The van der Waals surface area contributed by atoms with Crippen molar-refractivity contribution in [3.05, 3.63) is 95.3 Å². The van der Waals surface area contributed by atoms with Crippen LogP contribution in [0.4, 0.5) is 0 Å². The van der Waals surface area contributed by atoms with Crippen LogP contribution in [-0.4, -0.2) is 47.2 Å². The zero-order valence-electron chi connectivity index (χ0n) is 18.1. The SMILES string of the molecule is CCN(Cc1ccc(C(=O)N(C)C)cc1)C(=O)c1cccc(OCc2cccnc2)c1. The molecular weight excluding hydrogens is 390 g/mol. The molecule has 0 aliphatic carbocycles. The molecule has 6 heteroatoms. The molecule has 31 heavy (non-hydrogen) atoms. The highest BCUT2D eigenvalue weighted by Gasteiger charge is 2.16. The van der Waals surface area contributed by atoms with Gasteiger partial charge in [-0.25, -0.2) is 0 Å². The third-order valence-electron chi connectivity index (χ3n) is 4.86. The molecule has 2 amide bonds. The van der Waals surface area contributed by atoms with Crippen molar-refractivity contribution in [1.29, 1.82) is 0 Å². The van der Waals surface area contributed by atoms with E-state index in [1.165, 1.54) is 0 Å². The summed E-state index contributed by atoms with van der Waals surface area (Å²) in [5.41, 5.74) is 3.13. The summed E-state index contributed by atoms with van der Waals surface area (Å²) in [6, 6.07) is 18.4. The van der Waals surface area contributed by atoms with Crippen molar-refractivity contribution in [2.75, 3.05) is 20.6 Å². The Balaban J connectivity index is 1.66. The van der Waals surface area contributed by atoms with Crippen LogP contribution >= 0.6 is 0 Å². The van der Waals surface area contributed by atoms with Crippen LogP contribution in [0.15, 0.2) is 73.1 Å². The first-order valence-corrected chi connectivity index (χ1v) is 10.2. The lowest BCUT2D eigenvalue weighted by Gasteiger charge is -2.21. The molecule has 0 radical (unpaired) electrons. The largest absolute Gasteiger partial charge is 0.489 e. The molecule has 0 unspecified atom stereocenters. The molecule has 0 fully saturated rings. The zero-order valence-corrected chi connectivity index (χ0v) is 18.1. The molecule has 160 valence electrons. The van der Waals surface area contributed by atoms with Gasteiger partial charge in [-0.3, -0.25) is 14.6 Å². The fraction of sp³-hybridized carbons (Fsp3) is 0.240. The van der Waals surface area contributed by atoms with Crippen LogP contribution in [0.1, 0.15) is 38.8 Å². The maximum absolute atomic E-state index is 13.1. The Morgan fingerprint density at radius 2 is 1.68 bits per heavy atom. The first-order valence-electron chi connectivity index (χ1n) is 10.2. The topological polar surface area (TPSA) is 62.7 Å². The molecule has 1 heterocycles. The van der Waals surface area contributed by atoms with E-state index in [0.29, 0.717) is 36.6 Å². The molecule has 0 atom stereocenters. The van der Waals surface area contributed by atoms with Crippen LogP contribution in [0.25, 0.3) is 0 Å². The number of nitrogens with zero attached hydrogens (tertiary/aromatic N) is 3. The van der Waals surface area contributed by atoms with E-state index in [2.05, 4.69) is 4.98 Å². The summed E-state index contributed by atoms with van der Waals surface area (Å²) in [4.78, 5) is 32.5. The summed E-state index contributed by atoms with van der Waals surface area (Å²) in [5.74, 6) is 0.526. The highest BCUT2D eigenvalue weighted by Crippen LogP contribution is 2.18. The van der Waals surface area contributed by atoms with E-state index in [4.69, 9.17) is 4.74 Å². The number of carbonyl (C=O) groups is 2. The molecule has 6 nitrogen and oxygen atoms in total. The van der Waals surface area contributed by atoms with Gasteiger partial charge in [0.1, 0.15) is 12.4 Å². The third-order valence-corrected chi connectivity index (χ3v) is 4.86. The van der Waals surface area contributed by atoms with Crippen molar-refractivity contribution in [2.24, 2.45) is 0 Å². The molecule has 0 saturated carbocycles. The summed E-state index contributed by atoms with van der Waals surface area (Å²) >= 11 is 0. The average molecular weight is 418 g/mol. The number of hydrogen-bond acceptors (Lipinski definition) is 4. The normalized spacial score (nSPS) is 10.4. The predicted octanol–water partition coefficient (Wildman–Crippen LogP) is 4.02. The lowest BCUT2D eigenvalue weighted by Crippen LogP contribution is -2.30. The van der Waals surface area contributed by atoms with Crippen molar-refractivity contribution in [3.8, 4) is 5.75 Å². The summed E-state index contributed by atoms with van der Waals surface area (Å²) in [5, 5.41) is 0. The van der Waals surface area contributed by atoms with Crippen LogP contribution in [0, 0.1) is 0 Å². The smallest absolute Gasteiger partial charge is 0.254 e. The molecule has 1 aromatic heterocycles. The lowest BCUT2D eigenvalue weighted by atomic mass is 10.1. The van der Waals surface area contributed by atoms with E-state index in [9.17, 15) is 9.59 Å². The molecule has 3 rings (SSSR count). The number of rotatable bonds is 8. The quantitative estimate of drug-likeness (QED) is 0.555. The Morgan fingerprint density at radius 3 is 2.32 bits per heavy atom. The average Bonchev–Trinajstić information content (AvgIpc) is 2.81. The highest BCUT2D eigenvalue weighted by molar-refractivity contribution is 5.95. The molecule has 0 spiro atoms. The van der Waals surface area contributed by atoms with Crippen molar-refractivity contribution in [1.82, 2.24) is 14.8 Å². The Kier molecular flexibility index (Phi) is 7.38. The standard InChI is InChI=1S/C25H27N3O3/c1-4-28(17-19-10-12-21(13-11-19)24(29)27(2)3)25(30)22-8-5-9-23(15-22)31-18-20-7-6-14-26-16-20/h5-16H,4,17-18H2,1-3H3. The minimum atomic E-state index is -0.0669. The number of hydrogen-bond donors (Lipinski definition) is 0. The van der Waals surface area contributed by atoms with Gasteiger partial charge in [0.05, 0.1) is 0 Å². The third kappa shape index (κ3) is 5.92. The summed E-state index contributed by atoms with van der Waals surface area (Å²) in [7, 11) is 3.45. The van der Waals surface area contributed by atoms with Crippen molar-refractivity contribution in [2.45, 2.75) is 20.1 Å². The first kappa shape index (κ1) is 22.0. The second kappa shape index (κ2) is 10.4. The molecule has 2 aromatic carbocycles. The van der Waals surface area contributed by atoms with Gasteiger partial charge in [-0.05, 0) is 48.9 Å². The van der Waals surface area contributed by atoms with E-state index in [-0.39, 0.29) is 11.8 Å². The Labute approximate surface area is 183 Å². The Morgan fingerprint density at radius 1 is 0.903 bits per heavy atom. The maximum atomic E-state index is 13.1. The van der Waals surface area contributed by atoms with Crippen LogP contribution in [0.5, 0.6) is 5.75 Å². The van der Waals surface area contributed by atoms with E-state index in [1.807, 2.05) is 43.3 Å². The van der Waals surface area contributed by atoms with Gasteiger partial charge in [-0.2, -0.15) is 0 Å². The van der Waals surface area contributed by atoms with Gasteiger partial charge in [0, 0.05) is 56.3 Å². The predicted molar refractivity (Wildman–Crippen MR) is 120 cm³/mol. The maximum Gasteiger partial charge on any atom is 0.254 e. The van der Waals surface area contributed by atoms with Gasteiger partial charge in [0.2, 0.25) is 0 Å². The molecule has 0 aliphatic rings. The fourth-order valence-corrected chi connectivity index (χ4v) is 3.11. The lowest BCUT2D eigenvalue weighted by molar-refractivity contribution is 0.0751. The Hall–Kier alpha value is -3.67. The number of ether oxygens (including phenoxy) is 1. The van der Waals surface area contributed by atoms with E-state index >= 15 is 0 Å². The number of aromatic nitrogens is 1. The van der Waals surface area contributed by atoms with E-state index in [0.717, 1.165) is 11.1 Å². The Bertz CT molecular complexity index is 1020. The molecule has 0 saturated heterocycles. The fourth-order valence-electron chi connectivity index (χ4n) is 3.11. The highest BCUT2D eigenvalue weighted by atomic mass is 16.5. The monoisotopic (exact) mass is 417 g/mol. The number of pyridine rings is 1. The van der Waals surface area contributed by atoms with Gasteiger partial charge in [0.25, 0.3) is 11.8 Å². The van der Waals surface area contributed by atoms with E-state index < -0.39 is 0 Å². The molecule has 0 N–H and O–H groups in total. The molecule has 0 bridgehead atoms. The number of amides is 2. The van der Waals surface area contributed by atoms with Crippen molar-refractivity contribution < 1.29 is 14.3 Å². The minimum Gasteiger partial charge on any atom is -0.489 e. The molecule has 3 aromatic rings. The van der Waals surface area contributed by atoms with E-state index in [1.54, 1.807) is 60.6 Å². The number of benzene rings is 2. The summed E-state index contributed by atoms with van der Waals surface area (Å²) in [6.07, 6.45) is 3.47. The summed E-state index contributed by atoms with van der Waals surface area (Å²) in [6.45, 7) is 3.37. The van der Waals surface area contributed by atoms with Crippen LogP contribution in [0.2, 0.25) is 0 Å². The van der Waals surface area contributed by atoms with Crippen LogP contribution < -0.4 is 4.74 Å². The van der Waals surface area contributed by atoms with Crippen molar-refractivity contribution in [3.63, 3.8) is 0 Å². The second-order valence-electron chi connectivity index (χ2n) is 7.39. The van der Waals surface area contributed by atoms with Gasteiger partial charge < -0.3 is 14.5 Å². The molecule has 0 aliphatic heterocycles. The second-order valence-corrected chi connectivity index (χ2v) is 7.39. The van der Waals surface area contributed by atoms with Gasteiger partial charge in [0.15, 0.2) is 0 Å². The first-order chi connectivity index (χ1) is 15.0. The van der Waals surface area contributed by atoms with Gasteiger partial charge in [-0.1, -0.05) is 24.3 Å². The minimum absolute atomic E-state index is 0.0435. The van der Waals surface area contributed by atoms with Gasteiger partial charge >= 0.3 is 0 Å². The van der Waals surface area contributed by atoms with Crippen LogP contribution in [-0.2, 0) is 13.2 Å².